The maximum atomic E-state index is 12.8. The Morgan fingerprint density at radius 2 is 1.56 bits per heavy atom. The number of amides is 3. The number of rotatable bonds is 20. The monoisotopic (exact) mass is 484 g/mol. The fraction of sp³-hybridized carbons (Fsp3) is 0.870. The van der Waals surface area contributed by atoms with E-state index in [9.17, 15) is 14.4 Å². The first kappa shape index (κ1) is 31.6. The predicted molar refractivity (Wildman–Crippen MR) is 131 cm³/mol. The Kier molecular flexibility index (Phi) is 16.8. The molecule has 11 nitrogen and oxygen atoms in total. The van der Waals surface area contributed by atoms with Gasteiger partial charge in [0.05, 0.1) is 6.61 Å². The molecule has 4 N–H and O–H groups in total. The number of hydrogen-bond acceptors (Lipinski definition) is 6. The quantitative estimate of drug-likeness (QED) is 0.0900. The van der Waals surface area contributed by atoms with Crippen molar-refractivity contribution < 1.29 is 24.2 Å². The van der Waals surface area contributed by atoms with Gasteiger partial charge in [-0.25, -0.2) is 0 Å². The van der Waals surface area contributed by atoms with Crippen LogP contribution >= 0.6 is 0 Å². The molecular formula is C23H44N6O5. The molecule has 0 radical (unpaired) electrons. The van der Waals surface area contributed by atoms with E-state index < -0.39 is 10.8 Å². The van der Waals surface area contributed by atoms with Crippen LogP contribution in [0.4, 0.5) is 0 Å². The van der Waals surface area contributed by atoms with Gasteiger partial charge in [0.25, 0.3) is 0 Å². The topological polar surface area (TPSA) is 166 Å². The second-order valence-electron chi connectivity index (χ2n) is 9.33. The van der Waals surface area contributed by atoms with E-state index >= 15 is 0 Å². The normalized spacial score (nSPS) is 12.9. The van der Waals surface area contributed by atoms with E-state index in [0.29, 0.717) is 52.1 Å². The zero-order valence-electron chi connectivity index (χ0n) is 21.3. The summed E-state index contributed by atoms with van der Waals surface area (Å²) < 4.78 is 5.45. The molecule has 11 heteroatoms. The molecule has 0 saturated carbocycles. The summed E-state index contributed by atoms with van der Waals surface area (Å²) >= 11 is 0. The summed E-state index contributed by atoms with van der Waals surface area (Å²) in [7, 11) is 0. The third kappa shape index (κ3) is 14.0. The van der Waals surface area contributed by atoms with Crippen LogP contribution in [0.25, 0.3) is 10.4 Å². The van der Waals surface area contributed by atoms with Gasteiger partial charge in [-0.1, -0.05) is 32.8 Å². The van der Waals surface area contributed by atoms with Crippen LogP contribution in [0, 0.1) is 10.8 Å². The predicted octanol–water partition coefficient (Wildman–Crippen LogP) is 2.44. The number of azide groups is 1. The fourth-order valence-electron chi connectivity index (χ4n) is 3.54. The van der Waals surface area contributed by atoms with E-state index in [1.54, 1.807) is 0 Å². The Morgan fingerprint density at radius 1 is 0.912 bits per heavy atom. The van der Waals surface area contributed by atoms with Crippen LogP contribution in [0.2, 0.25) is 0 Å². The molecule has 1 unspecified atom stereocenters. The van der Waals surface area contributed by atoms with Crippen molar-refractivity contribution in [3.63, 3.8) is 0 Å². The number of carbonyl (C=O) groups excluding carboxylic acids is 3. The van der Waals surface area contributed by atoms with Crippen LogP contribution in [0.3, 0.4) is 0 Å². The molecule has 0 aromatic carbocycles. The average molecular weight is 485 g/mol. The molecule has 196 valence electrons. The molecule has 1 atom stereocenters. The van der Waals surface area contributed by atoms with Crippen molar-refractivity contribution in [2.24, 2.45) is 15.9 Å². The van der Waals surface area contributed by atoms with Crippen LogP contribution in [0.5, 0.6) is 0 Å². The number of hydrogen-bond donors (Lipinski definition) is 4. The molecule has 0 aliphatic carbocycles. The molecule has 0 aliphatic rings. The lowest BCUT2D eigenvalue weighted by Crippen LogP contribution is -2.46. The van der Waals surface area contributed by atoms with E-state index in [0.717, 1.165) is 25.7 Å². The molecule has 0 fully saturated rings. The average Bonchev–Trinajstić information content (AvgIpc) is 2.80. The number of aliphatic hydroxyl groups excluding tert-OH is 1. The summed E-state index contributed by atoms with van der Waals surface area (Å²) in [5.74, 6) is -0.478. The van der Waals surface area contributed by atoms with Crippen molar-refractivity contribution in [3.8, 4) is 0 Å². The molecular weight excluding hydrogens is 440 g/mol. The first-order valence-corrected chi connectivity index (χ1v) is 12.2. The first-order chi connectivity index (χ1) is 16.1. The van der Waals surface area contributed by atoms with Crippen LogP contribution in [0.1, 0.15) is 72.6 Å². The molecule has 0 heterocycles. The Balaban J connectivity index is 4.29. The number of aliphatic hydroxyl groups is 1. The van der Waals surface area contributed by atoms with Gasteiger partial charge in [-0.2, -0.15) is 0 Å². The highest BCUT2D eigenvalue weighted by Gasteiger charge is 2.40. The standard InChI is InChI=1S/C23H44N6O5/c1-5-23(4,21(33)27-13-16-34-15-10-9-14-30)18-22(2,3)20(32)26-12-8-6-7-11-25-19(31)17-28-29-24/h30H,5-18H2,1-4H3,(H,25,31)(H,26,32)(H,27,33). The molecule has 0 aromatic heterocycles. The summed E-state index contributed by atoms with van der Waals surface area (Å²) in [6.07, 6.45) is 4.89. The van der Waals surface area contributed by atoms with Crippen molar-refractivity contribution in [1.82, 2.24) is 16.0 Å². The second-order valence-corrected chi connectivity index (χ2v) is 9.33. The van der Waals surface area contributed by atoms with Crippen molar-refractivity contribution >= 4 is 17.7 Å². The summed E-state index contributed by atoms with van der Waals surface area (Å²) in [5, 5.41) is 20.5. The second kappa shape index (κ2) is 18.0. The minimum Gasteiger partial charge on any atom is -0.396 e. The summed E-state index contributed by atoms with van der Waals surface area (Å²) in [4.78, 5) is 39.4. The SMILES string of the molecule is CCC(C)(CC(C)(C)C(=O)NCCCCCNC(=O)CN=[N+]=[N-])C(=O)NCCOCCCCO. The van der Waals surface area contributed by atoms with Gasteiger partial charge in [-0.3, -0.25) is 14.4 Å². The van der Waals surface area contributed by atoms with E-state index in [2.05, 4.69) is 26.0 Å². The van der Waals surface area contributed by atoms with Gasteiger partial charge in [0.15, 0.2) is 0 Å². The van der Waals surface area contributed by atoms with Crippen molar-refractivity contribution in [2.75, 3.05) is 46.0 Å². The highest BCUT2D eigenvalue weighted by Crippen LogP contribution is 2.37. The van der Waals surface area contributed by atoms with Gasteiger partial charge in [0.2, 0.25) is 17.7 Å². The number of nitrogens with one attached hydrogen (secondary N) is 3. The molecule has 0 rings (SSSR count). The number of ether oxygens (including phenoxy) is 1. The van der Waals surface area contributed by atoms with Crippen molar-refractivity contribution in [3.05, 3.63) is 10.4 Å². The third-order valence-corrected chi connectivity index (χ3v) is 5.74. The number of carbonyl (C=O) groups is 3. The summed E-state index contributed by atoms with van der Waals surface area (Å²) in [6, 6.07) is 0. The molecule has 0 spiro atoms. The van der Waals surface area contributed by atoms with E-state index in [4.69, 9.17) is 15.4 Å². The first-order valence-electron chi connectivity index (χ1n) is 12.2. The minimum atomic E-state index is -0.710. The van der Waals surface area contributed by atoms with Crippen LogP contribution in [0.15, 0.2) is 5.11 Å². The molecule has 34 heavy (non-hydrogen) atoms. The van der Waals surface area contributed by atoms with Crippen molar-refractivity contribution in [2.45, 2.75) is 72.6 Å². The highest BCUT2D eigenvalue weighted by molar-refractivity contribution is 5.85. The lowest BCUT2D eigenvalue weighted by molar-refractivity contribution is -0.137. The zero-order valence-corrected chi connectivity index (χ0v) is 21.3. The van der Waals surface area contributed by atoms with Crippen LogP contribution in [-0.2, 0) is 19.1 Å². The van der Waals surface area contributed by atoms with E-state index in [-0.39, 0.29) is 30.9 Å². The Morgan fingerprint density at radius 3 is 2.18 bits per heavy atom. The smallest absolute Gasteiger partial charge is 0.226 e. The largest absolute Gasteiger partial charge is 0.396 e. The van der Waals surface area contributed by atoms with Gasteiger partial charge in [0.1, 0.15) is 6.54 Å². The number of nitrogens with zero attached hydrogens (tertiary/aromatic N) is 3. The fourth-order valence-corrected chi connectivity index (χ4v) is 3.54. The van der Waals surface area contributed by atoms with Gasteiger partial charge in [-0.15, -0.1) is 0 Å². The Labute approximate surface area is 203 Å². The zero-order chi connectivity index (χ0) is 25.9. The third-order valence-electron chi connectivity index (χ3n) is 5.74. The maximum Gasteiger partial charge on any atom is 0.226 e. The summed E-state index contributed by atoms with van der Waals surface area (Å²) in [5.41, 5.74) is 6.79. The van der Waals surface area contributed by atoms with Gasteiger partial charge in [0, 0.05) is 48.6 Å². The number of unbranched alkanes of at least 4 members (excludes halogenated alkanes) is 3. The minimum absolute atomic E-state index is 0.0858. The Hall–Kier alpha value is -2.36. The van der Waals surface area contributed by atoms with Crippen molar-refractivity contribution in [1.29, 1.82) is 0 Å². The van der Waals surface area contributed by atoms with Gasteiger partial charge >= 0.3 is 0 Å². The molecule has 0 aromatic rings. The summed E-state index contributed by atoms with van der Waals surface area (Å²) in [6.45, 7) is 9.90. The maximum absolute atomic E-state index is 12.8. The van der Waals surface area contributed by atoms with Gasteiger partial charge in [-0.05, 0) is 50.5 Å². The van der Waals surface area contributed by atoms with Crippen LogP contribution in [-0.4, -0.2) is 68.8 Å². The van der Waals surface area contributed by atoms with E-state index in [1.165, 1.54) is 0 Å². The molecule has 0 bridgehead atoms. The molecule has 0 saturated heterocycles. The highest BCUT2D eigenvalue weighted by atomic mass is 16.5. The lowest BCUT2D eigenvalue weighted by Gasteiger charge is -2.35. The van der Waals surface area contributed by atoms with Crippen LogP contribution < -0.4 is 16.0 Å². The molecule has 3 amide bonds. The Bertz CT molecular complexity index is 666. The van der Waals surface area contributed by atoms with Gasteiger partial charge < -0.3 is 25.8 Å². The molecule has 0 aliphatic heterocycles. The lowest BCUT2D eigenvalue weighted by atomic mass is 9.71. The van der Waals surface area contributed by atoms with E-state index in [1.807, 2.05) is 27.7 Å².